The standard InChI is InChI=1S/C18H15F6N3O2/c19-17(20,21)12-4-6-13(7-5-12)27(16(28)18(22,23)24)8-9-29-14-3-1-2-11(10-14)15(25)26/h1-7,10H,8-9H2,(H3,25,26). The van der Waals surface area contributed by atoms with Gasteiger partial charge in [0, 0.05) is 11.3 Å². The van der Waals surface area contributed by atoms with Crippen molar-refractivity contribution in [1.82, 2.24) is 0 Å². The van der Waals surface area contributed by atoms with Gasteiger partial charge in [0.25, 0.3) is 0 Å². The number of hydrogen-bond acceptors (Lipinski definition) is 3. The molecule has 0 aliphatic carbocycles. The predicted molar refractivity (Wildman–Crippen MR) is 92.8 cm³/mol. The van der Waals surface area contributed by atoms with Crippen LogP contribution in [0.4, 0.5) is 32.0 Å². The van der Waals surface area contributed by atoms with Gasteiger partial charge in [-0.15, -0.1) is 0 Å². The van der Waals surface area contributed by atoms with Crippen molar-refractivity contribution in [1.29, 1.82) is 5.41 Å². The van der Waals surface area contributed by atoms with Gasteiger partial charge in [0.1, 0.15) is 18.2 Å². The average molecular weight is 419 g/mol. The highest BCUT2D eigenvalue weighted by molar-refractivity contribution is 5.97. The van der Waals surface area contributed by atoms with Crippen LogP contribution in [0.25, 0.3) is 0 Å². The summed E-state index contributed by atoms with van der Waals surface area (Å²) in [7, 11) is 0. The van der Waals surface area contributed by atoms with E-state index in [0.29, 0.717) is 17.7 Å². The van der Waals surface area contributed by atoms with Gasteiger partial charge in [-0.3, -0.25) is 10.2 Å². The van der Waals surface area contributed by atoms with Gasteiger partial charge in [0.15, 0.2) is 0 Å². The summed E-state index contributed by atoms with van der Waals surface area (Å²) in [4.78, 5) is 12.0. The second-order valence-electron chi connectivity index (χ2n) is 5.79. The largest absolute Gasteiger partial charge is 0.492 e. The normalized spacial score (nSPS) is 11.8. The first-order valence-electron chi connectivity index (χ1n) is 8.03. The Kier molecular flexibility index (Phi) is 6.40. The maximum atomic E-state index is 12.9. The quantitative estimate of drug-likeness (QED) is 0.423. The van der Waals surface area contributed by atoms with E-state index >= 15 is 0 Å². The van der Waals surface area contributed by atoms with Crippen LogP contribution >= 0.6 is 0 Å². The van der Waals surface area contributed by atoms with E-state index in [-0.39, 0.29) is 28.8 Å². The number of nitrogen functional groups attached to an aromatic ring is 1. The van der Waals surface area contributed by atoms with Gasteiger partial charge in [-0.25, -0.2) is 0 Å². The lowest BCUT2D eigenvalue weighted by molar-refractivity contribution is -0.170. The lowest BCUT2D eigenvalue weighted by Gasteiger charge is -2.24. The maximum absolute atomic E-state index is 12.9. The number of rotatable bonds is 6. The molecule has 2 rings (SSSR count). The van der Waals surface area contributed by atoms with Crippen LogP contribution in [-0.2, 0) is 11.0 Å². The number of alkyl halides is 6. The first kappa shape index (κ1) is 22.1. The molecule has 29 heavy (non-hydrogen) atoms. The Morgan fingerprint density at radius 2 is 1.66 bits per heavy atom. The highest BCUT2D eigenvalue weighted by Crippen LogP contribution is 2.31. The lowest BCUT2D eigenvalue weighted by Crippen LogP contribution is -2.43. The summed E-state index contributed by atoms with van der Waals surface area (Å²) in [6.45, 7) is -0.960. The number of halogens is 6. The first-order valence-corrected chi connectivity index (χ1v) is 8.03. The van der Waals surface area contributed by atoms with E-state index in [1.807, 2.05) is 0 Å². The Labute approximate surface area is 161 Å². The molecule has 0 aliphatic rings. The zero-order valence-corrected chi connectivity index (χ0v) is 14.6. The SMILES string of the molecule is N=C(N)c1cccc(OCCN(C(=O)C(F)(F)F)c2ccc(C(F)(F)F)cc2)c1. The van der Waals surface area contributed by atoms with Crippen LogP contribution in [0.1, 0.15) is 11.1 Å². The minimum atomic E-state index is -5.22. The summed E-state index contributed by atoms with van der Waals surface area (Å²) in [6.07, 6.45) is -9.89. The Hall–Kier alpha value is -3.24. The number of nitrogens with one attached hydrogen (secondary N) is 1. The van der Waals surface area contributed by atoms with Gasteiger partial charge in [0.2, 0.25) is 0 Å². The van der Waals surface area contributed by atoms with Crippen molar-refractivity contribution in [2.75, 3.05) is 18.1 Å². The lowest BCUT2D eigenvalue weighted by atomic mass is 10.2. The summed E-state index contributed by atoms with van der Waals surface area (Å²) in [5, 5.41) is 7.34. The molecule has 1 amide bonds. The molecule has 5 nitrogen and oxygen atoms in total. The Morgan fingerprint density at radius 1 is 1.03 bits per heavy atom. The molecular formula is C18H15F6N3O2. The topological polar surface area (TPSA) is 79.4 Å². The van der Waals surface area contributed by atoms with Gasteiger partial charge in [-0.1, -0.05) is 12.1 Å². The first-order chi connectivity index (χ1) is 13.4. The molecule has 2 aromatic rings. The Morgan fingerprint density at radius 3 is 2.17 bits per heavy atom. The summed E-state index contributed by atoms with van der Waals surface area (Å²) in [6, 6.07) is 8.63. The number of benzene rings is 2. The number of ether oxygens (including phenoxy) is 1. The zero-order chi connectivity index (χ0) is 21.8. The number of amides is 1. The summed E-state index contributed by atoms with van der Waals surface area (Å²) < 4.78 is 81.9. The average Bonchev–Trinajstić information content (AvgIpc) is 2.63. The third-order valence-electron chi connectivity index (χ3n) is 3.72. The molecule has 2 aromatic carbocycles. The molecule has 0 saturated carbocycles. The van der Waals surface area contributed by atoms with Crippen molar-refractivity contribution in [2.45, 2.75) is 12.4 Å². The number of anilines is 1. The molecule has 156 valence electrons. The fraction of sp³-hybridized carbons (Fsp3) is 0.222. The third kappa shape index (κ3) is 5.87. The number of hydrogen-bond donors (Lipinski definition) is 2. The van der Waals surface area contributed by atoms with Gasteiger partial charge < -0.3 is 15.4 Å². The van der Waals surface area contributed by atoms with Crippen molar-refractivity contribution >= 4 is 17.4 Å². The van der Waals surface area contributed by atoms with Crippen molar-refractivity contribution in [2.24, 2.45) is 5.73 Å². The van der Waals surface area contributed by atoms with Crippen molar-refractivity contribution in [3.8, 4) is 5.75 Å². The molecule has 0 saturated heterocycles. The molecular weight excluding hydrogens is 404 g/mol. The number of carbonyl (C=O) groups is 1. The molecule has 0 unspecified atom stereocenters. The fourth-order valence-corrected chi connectivity index (χ4v) is 2.34. The van der Waals surface area contributed by atoms with Crippen molar-refractivity contribution < 1.29 is 35.9 Å². The number of nitrogens with zero attached hydrogens (tertiary/aromatic N) is 1. The predicted octanol–water partition coefficient (Wildman–Crippen LogP) is 3.96. The van der Waals surface area contributed by atoms with E-state index in [0.717, 1.165) is 12.1 Å². The molecule has 0 aliphatic heterocycles. The van der Waals surface area contributed by atoms with E-state index in [9.17, 15) is 31.1 Å². The molecule has 0 aromatic heterocycles. The van der Waals surface area contributed by atoms with Crippen LogP contribution < -0.4 is 15.4 Å². The highest BCUT2D eigenvalue weighted by atomic mass is 19.4. The van der Waals surface area contributed by atoms with E-state index in [4.69, 9.17) is 15.9 Å². The van der Waals surface area contributed by atoms with E-state index in [1.54, 1.807) is 0 Å². The molecule has 0 fully saturated rings. The number of carbonyl (C=O) groups excluding carboxylic acids is 1. The van der Waals surface area contributed by atoms with E-state index < -0.39 is 30.4 Å². The Bertz CT molecular complexity index is 878. The zero-order valence-electron chi connectivity index (χ0n) is 14.6. The van der Waals surface area contributed by atoms with Crippen LogP contribution in [0, 0.1) is 5.41 Å². The summed E-state index contributed by atoms with van der Waals surface area (Å²) in [5.41, 5.74) is 4.25. The van der Waals surface area contributed by atoms with Gasteiger partial charge in [0.05, 0.1) is 12.1 Å². The molecule has 0 heterocycles. The van der Waals surface area contributed by atoms with Gasteiger partial charge in [-0.2, -0.15) is 26.3 Å². The number of nitrogens with two attached hydrogens (primary N) is 1. The maximum Gasteiger partial charge on any atom is 0.471 e. The summed E-state index contributed by atoms with van der Waals surface area (Å²) in [5.74, 6) is -2.28. The Balaban J connectivity index is 2.18. The van der Waals surface area contributed by atoms with Crippen LogP contribution in [0.3, 0.4) is 0 Å². The second-order valence-corrected chi connectivity index (χ2v) is 5.79. The molecule has 0 radical (unpaired) electrons. The van der Waals surface area contributed by atoms with E-state index in [2.05, 4.69) is 0 Å². The van der Waals surface area contributed by atoms with Crippen molar-refractivity contribution in [3.05, 3.63) is 59.7 Å². The highest BCUT2D eigenvalue weighted by Gasteiger charge is 2.43. The second kappa shape index (κ2) is 8.41. The third-order valence-corrected chi connectivity index (χ3v) is 3.72. The van der Waals surface area contributed by atoms with Crippen LogP contribution in [0.5, 0.6) is 5.75 Å². The molecule has 0 atom stereocenters. The molecule has 11 heteroatoms. The molecule has 3 N–H and O–H groups in total. The van der Waals surface area contributed by atoms with Gasteiger partial charge in [-0.05, 0) is 36.4 Å². The number of amidine groups is 1. The monoisotopic (exact) mass is 419 g/mol. The van der Waals surface area contributed by atoms with Gasteiger partial charge >= 0.3 is 18.3 Å². The van der Waals surface area contributed by atoms with Crippen molar-refractivity contribution in [3.63, 3.8) is 0 Å². The smallest absolute Gasteiger partial charge is 0.471 e. The minimum Gasteiger partial charge on any atom is -0.492 e. The molecule has 0 bridgehead atoms. The van der Waals surface area contributed by atoms with Crippen LogP contribution in [0.15, 0.2) is 48.5 Å². The molecule has 0 spiro atoms. The van der Waals surface area contributed by atoms with E-state index in [1.165, 1.54) is 24.3 Å². The minimum absolute atomic E-state index is 0.199. The van der Waals surface area contributed by atoms with Crippen LogP contribution in [-0.4, -0.2) is 31.1 Å². The fourth-order valence-electron chi connectivity index (χ4n) is 2.34. The summed E-state index contributed by atoms with van der Waals surface area (Å²) >= 11 is 0. The van der Waals surface area contributed by atoms with Crippen LogP contribution in [0.2, 0.25) is 0 Å².